The number of hydrogen-bond acceptors (Lipinski definition) is 5. The lowest BCUT2D eigenvalue weighted by molar-refractivity contribution is 0.306. The lowest BCUT2D eigenvalue weighted by Gasteiger charge is -2.11. The van der Waals surface area contributed by atoms with Crippen molar-refractivity contribution in [1.82, 2.24) is 4.72 Å². The molecule has 0 bridgehead atoms. The molecule has 2 N–H and O–H groups in total. The Balaban J connectivity index is 1.43. The fourth-order valence-electron chi connectivity index (χ4n) is 2.90. The summed E-state index contributed by atoms with van der Waals surface area (Å²) in [7, 11) is -7.60. The van der Waals surface area contributed by atoms with Crippen LogP contribution in [0.1, 0.15) is 18.4 Å². The van der Waals surface area contributed by atoms with Crippen molar-refractivity contribution in [2.24, 2.45) is 0 Å². The lowest BCUT2D eigenvalue weighted by Crippen LogP contribution is -2.25. The van der Waals surface area contributed by atoms with Crippen LogP contribution in [0.25, 0.3) is 0 Å². The zero-order chi connectivity index (χ0) is 22.8. The highest BCUT2D eigenvalue weighted by molar-refractivity contribution is 7.92. The summed E-state index contributed by atoms with van der Waals surface area (Å²) in [5, 5.41) is 0. The minimum atomic E-state index is -3.94. The largest absolute Gasteiger partial charge is 0.489 e. The molecular weight excluding hydrogens is 455 g/mol. The Hall–Kier alpha value is -2.95. The Labute approximate surface area is 186 Å². The fraction of sp³-hybridized carbons (Fsp3) is 0.182. The van der Waals surface area contributed by atoms with Gasteiger partial charge in [-0.25, -0.2) is 25.9 Å². The van der Waals surface area contributed by atoms with Crippen molar-refractivity contribution in [1.29, 1.82) is 0 Å². The van der Waals surface area contributed by atoms with Crippen LogP contribution in [0, 0.1) is 5.82 Å². The average Bonchev–Trinajstić information content (AvgIpc) is 3.57. The van der Waals surface area contributed by atoms with Gasteiger partial charge in [0.2, 0.25) is 10.0 Å². The normalized spacial score (nSPS) is 14.2. The van der Waals surface area contributed by atoms with Gasteiger partial charge in [-0.15, -0.1) is 0 Å². The maximum Gasteiger partial charge on any atom is 0.261 e. The molecule has 7 nitrogen and oxygen atoms in total. The van der Waals surface area contributed by atoms with Crippen LogP contribution in [-0.2, 0) is 26.7 Å². The molecule has 0 aromatic heterocycles. The highest BCUT2D eigenvalue weighted by Crippen LogP contribution is 2.24. The van der Waals surface area contributed by atoms with Gasteiger partial charge in [-0.3, -0.25) is 4.72 Å². The minimum absolute atomic E-state index is 0.0135. The molecule has 0 heterocycles. The van der Waals surface area contributed by atoms with E-state index in [-0.39, 0.29) is 33.9 Å². The topological polar surface area (TPSA) is 102 Å². The molecule has 1 saturated carbocycles. The molecule has 1 fully saturated rings. The minimum Gasteiger partial charge on any atom is -0.489 e. The van der Waals surface area contributed by atoms with Crippen molar-refractivity contribution in [3.8, 4) is 5.75 Å². The first-order valence-electron chi connectivity index (χ1n) is 9.84. The van der Waals surface area contributed by atoms with E-state index in [4.69, 9.17) is 4.74 Å². The number of halogens is 1. The lowest BCUT2D eigenvalue weighted by atomic mass is 10.2. The van der Waals surface area contributed by atoms with E-state index in [1.165, 1.54) is 42.5 Å². The van der Waals surface area contributed by atoms with Gasteiger partial charge in [-0.1, -0.05) is 18.2 Å². The zero-order valence-corrected chi connectivity index (χ0v) is 18.5. The van der Waals surface area contributed by atoms with E-state index in [1.807, 2.05) is 0 Å². The summed E-state index contributed by atoms with van der Waals surface area (Å²) in [6.07, 6.45) is 1.62. The smallest absolute Gasteiger partial charge is 0.261 e. The third kappa shape index (κ3) is 5.64. The van der Waals surface area contributed by atoms with Crippen LogP contribution in [0.15, 0.2) is 82.6 Å². The van der Waals surface area contributed by atoms with Gasteiger partial charge < -0.3 is 4.74 Å². The van der Waals surface area contributed by atoms with Crippen molar-refractivity contribution in [3.63, 3.8) is 0 Å². The molecule has 0 amide bonds. The molecule has 1 aliphatic rings. The third-order valence-electron chi connectivity index (χ3n) is 4.75. The molecule has 0 spiro atoms. The second-order valence-corrected chi connectivity index (χ2v) is 10.8. The number of rotatable bonds is 9. The Morgan fingerprint density at radius 2 is 1.47 bits per heavy atom. The van der Waals surface area contributed by atoms with Gasteiger partial charge in [0, 0.05) is 12.1 Å². The molecule has 10 heteroatoms. The van der Waals surface area contributed by atoms with Crippen LogP contribution < -0.4 is 14.2 Å². The number of anilines is 1. The van der Waals surface area contributed by atoms with E-state index in [1.54, 1.807) is 30.3 Å². The molecule has 1 aliphatic carbocycles. The third-order valence-corrected chi connectivity index (χ3v) is 7.68. The summed E-state index contributed by atoms with van der Waals surface area (Å²) >= 11 is 0. The molecule has 4 rings (SSSR count). The van der Waals surface area contributed by atoms with E-state index < -0.39 is 20.0 Å². The van der Waals surface area contributed by atoms with Crippen molar-refractivity contribution >= 4 is 25.7 Å². The molecule has 168 valence electrons. The number of hydrogen-bond donors (Lipinski definition) is 2. The van der Waals surface area contributed by atoms with E-state index in [0.717, 1.165) is 18.4 Å². The Morgan fingerprint density at radius 1 is 0.844 bits per heavy atom. The quantitative estimate of drug-likeness (QED) is 0.491. The van der Waals surface area contributed by atoms with E-state index in [9.17, 15) is 21.2 Å². The predicted octanol–water partition coefficient (Wildman–Crippen LogP) is 3.65. The standard InChI is InChI=1S/C22H21FN2O5S2/c23-17-6-4-16(5-7-17)15-30-20-3-1-2-19(14-20)25-32(28,29)22-12-10-21(11-13-22)31(26,27)24-18-8-9-18/h1-7,10-14,18,24-25H,8-9,15H2. The van der Waals surface area contributed by atoms with Gasteiger partial charge in [0.15, 0.2) is 0 Å². The van der Waals surface area contributed by atoms with Crippen LogP contribution in [0.2, 0.25) is 0 Å². The molecular formula is C22H21FN2O5S2. The molecule has 3 aromatic carbocycles. The van der Waals surface area contributed by atoms with Gasteiger partial charge in [0.1, 0.15) is 18.2 Å². The first kappa shape index (κ1) is 22.3. The number of nitrogens with one attached hydrogen (secondary N) is 2. The van der Waals surface area contributed by atoms with Gasteiger partial charge >= 0.3 is 0 Å². The van der Waals surface area contributed by atoms with E-state index in [0.29, 0.717) is 5.75 Å². The average molecular weight is 477 g/mol. The van der Waals surface area contributed by atoms with Crippen LogP contribution in [-0.4, -0.2) is 22.9 Å². The second kappa shape index (κ2) is 8.89. The monoisotopic (exact) mass is 476 g/mol. The summed E-state index contributed by atoms with van der Waals surface area (Å²) in [4.78, 5) is -0.0555. The molecule has 0 saturated heterocycles. The molecule has 3 aromatic rings. The van der Waals surface area contributed by atoms with Crippen molar-refractivity contribution < 1.29 is 26.0 Å². The Bertz CT molecular complexity index is 1310. The van der Waals surface area contributed by atoms with Crippen molar-refractivity contribution in [2.75, 3.05) is 4.72 Å². The van der Waals surface area contributed by atoms with E-state index >= 15 is 0 Å². The SMILES string of the molecule is O=S(=O)(Nc1cccc(OCc2ccc(F)cc2)c1)c1ccc(S(=O)(=O)NC2CC2)cc1. The van der Waals surface area contributed by atoms with Crippen LogP contribution in [0.5, 0.6) is 5.75 Å². The Kier molecular flexibility index (Phi) is 6.18. The molecule has 0 radical (unpaired) electrons. The fourth-order valence-corrected chi connectivity index (χ4v) is 5.25. The highest BCUT2D eigenvalue weighted by Gasteiger charge is 2.28. The summed E-state index contributed by atoms with van der Waals surface area (Å²) in [6.45, 7) is 0.196. The van der Waals surface area contributed by atoms with Gasteiger partial charge in [-0.2, -0.15) is 0 Å². The summed E-state index contributed by atoms with van der Waals surface area (Å²) in [6, 6.07) is 17.3. The maximum atomic E-state index is 13.0. The summed E-state index contributed by atoms with van der Waals surface area (Å²) in [5.41, 5.74) is 1.05. The molecule has 32 heavy (non-hydrogen) atoms. The summed E-state index contributed by atoms with van der Waals surface area (Å²) < 4.78 is 73.6. The molecule has 0 unspecified atom stereocenters. The van der Waals surface area contributed by atoms with Crippen LogP contribution in [0.4, 0.5) is 10.1 Å². The first-order chi connectivity index (χ1) is 15.2. The van der Waals surface area contributed by atoms with Crippen molar-refractivity contribution in [2.45, 2.75) is 35.3 Å². The van der Waals surface area contributed by atoms with Crippen molar-refractivity contribution in [3.05, 3.63) is 84.2 Å². The first-order valence-corrected chi connectivity index (χ1v) is 12.8. The second-order valence-electron chi connectivity index (χ2n) is 7.42. The Morgan fingerprint density at radius 3 is 2.09 bits per heavy atom. The predicted molar refractivity (Wildman–Crippen MR) is 118 cm³/mol. The maximum absolute atomic E-state index is 13.0. The van der Waals surface area contributed by atoms with Gasteiger partial charge in [0.25, 0.3) is 10.0 Å². The van der Waals surface area contributed by atoms with Crippen LogP contribution >= 0.6 is 0 Å². The van der Waals surface area contributed by atoms with Gasteiger partial charge in [-0.05, 0) is 66.9 Å². The number of sulfonamides is 2. The van der Waals surface area contributed by atoms with Crippen LogP contribution in [0.3, 0.4) is 0 Å². The van der Waals surface area contributed by atoms with E-state index in [2.05, 4.69) is 9.44 Å². The molecule has 0 atom stereocenters. The van der Waals surface area contributed by atoms with Gasteiger partial charge in [0.05, 0.1) is 15.5 Å². The number of ether oxygens (including phenoxy) is 1. The highest BCUT2D eigenvalue weighted by atomic mass is 32.2. The zero-order valence-electron chi connectivity index (χ0n) is 16.9. The molecule has 0 aliphatic heterocycles. The number of benzene rings is 3. The summed E-state index contributed by atoms with van der Waals surface area (Å²) in [5.74, 6) is 0.0945.